The Morgan fingerprint density at radius 1 is 1.33 bits per heavy atom. The maximum absolute atomic E-state index is 5.84. The topological polar surface area (TPSA) is 79.1 Å². The van der Waals surface area contributed by atoms with Crippen molar-refractivity contribution in [1.82, 2.24) is 20.2 Å². The highest BCUT2D eigenvalue weighted by Gasteiger charge is 2.16. The number of fused-ring (bicyclic) bond motifs is 1. The molecule has 0 unspecified atom stereocenters. The second-order valence-corrected chi connectivity index (χ2v) is 5.74. The minimum Gasteiger partial charge on any atom is -0.370 e. The van der Waals surface area contributed by atoms with Gasteiger partial charge in [-0.1, -0.05) is 6.92 Å². The average Bonchev–Trinajstić information content (AvgIpc) is 2.71. The van der Waals surface area contributed by atoms with Crippen molar-refractivity contribution in [2.45, 2.75) is 39.2 Å². The molecule has 1 atom stereocenters. The zero-order valence-corrected chi connectivity index (χ0v) is 13.4. The molecule has 0 aliphatic carbocycles. The van der Waals surface area contributed by atoms with Gasteiger partial charge in [0.1, 0.15) is 5.82 Å². The maximum atomic E-state index is 5.84. The number of aromatic nitrogens is 2. The lowest BCUT2D eigenvalue weighted by Gasteiger charge is -2.23. The Hall–Kier alpha value is -1.40. The molecule has 1 aliphatic heterocycles. The van der Waals surface area contributed by atoms with Gasteiger partial charge in [0.15, 0.2) is 0 Å². The number of hydrogen-bond donors (Lipinski definition) is 3. The Labute approximate surface area is 127 Å². The first-order valence-corrected chi connectivity index (χ1v) is 7.92. The van der Waals surface area contributed by atoms with Gasteiger partial charge in [0.25, 0.3) is 0 Å². The lowest BCUT2D eigenvalue weighted by molar-refractivity contribution is 0.263. The molecule has 6 heteroatoms. The van der Waals surface area contributed by atoms with E-state index in [2.05, 4.69) is 46.4 Å². The largest absolute Gasteiger partial charge is 0.370 e. The van der Waals surface area contributed by atoms with Gasteiger partial charge in [-0.2, -0.15) is 4.98 Å². The molecule has 1 aliphatic rings. The number of nitrogens with zero attached hydrogens (tertiary/aromatic N) is 3. The number of hydrogen-bond acceptors (Lipinski definition) is 6. The minimum atomic E-state index is 0.372. The van der Waals surface area contributed by atoms with E-state index in [1.54, 1.807) is 0 Å². The molecule has 0 fully saturated rings. The molecule has 118 valence electrons. The van der Waals surface area contributed by atoms with Crippen molar-refractivity contribution in [2.24, 2.45) is 0 Å². The predicted octanol–water partition coefficient (Wildman–Crippen LogP) is 0.889. The van der Waals surface area contributed by atoms with Crippen molar-refractivity contribution >= 4 is 11.8 Å². The molecule has 0 bridgehead atoms. The monoisotopic (exact) mass is 292 g/mol. The van der Waals surface area contributed by atoms with E-state index < -0.39 is 0 Å². The van der Waals surface area contributed by atoms with E-state index >= 15 is 0 Å². The highest BCUT2D eigenvalue weighted by Crippen LogP contribution is 2.20. The molecule has 1 aromatic rings. The van der Waals surface area contributed by atoms with Crippen LogP contribution in [-0.4, -0.2) is 54.1 Å². The first-order chi connectivity index (χ1) is 10.1. The highest BCUT2D eigenvalue weighted by molar-refractivity contribution is 5.50. The van der Waals surface area contributed by atoms with Gasteiger partial charge in [0, 0.05) is 31.1 Å². The molecular weight excluding hydrogens is 264 g/mol. The SMILES string of the molecule is CCN(C)[C@@H](C)CCNc1nc(N)nc2c1CCNCC2. The van der Waals surface area contributed by atoms with E-state index in [9.17, 15) is 0 Å². The summed E-state index contributed by atoms with van der Waals surface area (Å²) in [5.41, 5.74) is 8.16. The van der Waals surface area contributed by atoms with Gasteiger partial charge < -0.3 is 21.3 Å². The van der Waals surface area contributed by atoms with Crippen molar-refractivity contribution in [3.05, 3.63) is 11.3 Å². The first kappa shape index (κ1) is 16.0. The molecule has 2 heterocycles. The molecule has 0 amide bonds. The number of nitrogen functional groups attached to an aromatic ring is 1. The van der Waals surface area contributed by atoms with Gasteiger partial charge in [-0.3, -0.25) is 0 Å². The van der Waals surface area contributed by atoms with Crippen LogP contribution in [0.15, 0.2) is 0 Å². The zero-order valence-electron chi connectivity index (χ0n) is 13.4. The Balaban J connectivity index is 2.01. The van der Waals surface area contributed by atoms with Crippen LogP contribution in [0.2, 0.25) is 0 Å². The molecule has 21 heavy (non-hydrogen) atoms. The van der Waals surface area contributed by atoms with Crippen LogP contribution in [0, 0.1) is 0 Å². The van der Waals surface area contributed by atoms with Crippen molar-refractivity contribution < 1.29 is 0 Å². The zero-order chi connectivity index (χ0) is 15.2. The lowest BCUT2D eigenvalue weighted by atomic mass is 10.1. The average molecular weight is 292 g/mol. The second-order valence-electron chi connectivity index (χ2n) is 5.74. The number of rotatable bonds is 6. The van der Waals surface area contributed by atoms with E-state index in [0.717, 1.165) is 57.0 Å². The van der Waals surface area contributed by atoms with Gasteiger partial charge in [-0.15, -0.1) is 0 Å². The smallest absolute Gasteiger partial charge is 0.222 e. The number of nitrogens with one attached hydrogen (secondary N) is 2. The molecule has 6 nitrogen and oxygen atoms in total. The molecule has 0 saturated carbocycles. The normalized spacial score (nSPS) is 16.4. The summed E-state index contributed by atoms with van der Waals surface area (Å²) in [6.07, 6.45) is 2.97. The summed E-state index contributed by atoms with van der Waals surface area (Å²) in [5, 5.41) is 6.86. The Kier molecular flexibility index (Phi) is 5.76. The van der Waals surface area contributed by atoms with Gasteiger partial charge in [-0.05, 0) is 39.9 Å². The summed E-state index contributed by atoms with van der Waals surface area (Å²) in [4.78, 5) is 11.1. The van der Waals surface area contributed by atoms with Gasteiger partial charge in [0.05, 0.1) is 5.69 Å². The fourth-order valence-corrected chi connectivity index (χ4v) is 2.64. The van der Waals surface area contributed by atoms with Gasteiger partial charge >= 0.3 is 0 Å². The molecular formula is C15H28N6. The third kappa shape index (κ3) is 4.28. The molecule has 1 aromatic heterocycles. The van der Waals surface area contributed by atoms with E-state index in [0.29, 0.717) is 12.0 Å². The maximum Gasteiger partial charge on any atom is 0.222 e. The van der Waals surface area contributed by atoms with Crippen LogP contribution in [0.4, 0.5) is 11.8 Å². The highest BCUT2D eigenvalue weighted by atomic mass is 15.1. The van der Waals surface area contributed by atoms with Crippen molar-refractivity contribution in [3.8, 4) is 0 Å². The van der Waals surface area contributed by atoms with E-state index in [-0.39, 0.29) is 0 Å². The summed E-state index contributed by atoms with van der Waals surface area (Å²) in [6.45, 7) is 8.35. The van der Waals surface area contributed by atoms with Gasteiger partial charge in [-0.25, -0.2) is 4.98 Å². The van der Waals surface area contributed by atoms with Crippen LogP contribution in [0.3, 0.4) is 0 Å². The molecule has 4 N–H and O–H groups in total. The third-order valence-corrected chi connectivity index (χ3v) is 4.31. The third-order valence-electron chi connectivity index (χ3n) is 4.31. The Morgan fingerprint density at radius 3 is 2.86 bits per heavy atom. The second kappa shape index (κ2) is 7.56. The predicted molar refractivity (Wildman–Crippen MR) is 87.6 cm³/mol. The van der Waals surface area contributed by atoms with Crippen molar-refractivity contribution in [1.29, 1.82) is 0 Å². The fourth-order valence-electron chi connectivity index (χ4n) is 2.64. The van der Waals surface area contributed by atoms with E-state index in [4.69, 9.17) is 5.73 Å². The van der Waals surface area contributed by atoms with E-state index in [1.807, 2.05) is 0 Å². The minimum absolute atomic E-state index is 0.372. The summed E-state index contributed by atoms with van der Waals surface area (Å²) in [5.74, 6) is 1.30. The van der Waals surface area contributed by atoms with Crippen LogP contribution in [-0.2, 0) is 12.8 Å². The van der Waals surface area contributed by atoms with Crippen molar-refractivity contribution in [2.75, 3.05) is 44.3 Å². The standard InChI is InChI=1S/C15H28N6/c1-4-21(3)11(2)5-10-18-14-12-6-8-17-9-7-13(12)19-15(16)20-14/h11,17H,4-10H2,1-3H3,(H3,16,18,19,20)/t11-/m0/s1. The quantitative estimate of drug-likeness (QED) is 0.723. The van der Waals surface area contributed by atoms with E-state index in [1.165, 1.54) is 5.56 Å². The van der Waals surface area contributed by atoms with Gasteiger partial charge in [0.2, 0.25) is 5.95 Å². The van der Waals surface area contributed by atoms with Crippen LogP contribution in [0.5, 0.6) is 0 Å². The molecule has 0 spiro atoms. The number of nitrogens with two attached hydrogens (primary N) is 1. The number of anilines is 2. The molecule has 0 saturated heterocycles. The van der Waals surface area contributed by atoms with Crippen LogP contribution in [0.1, 0.15) is 31.5 Å². The summed E-state index contributed by atoms with van der Waals surface area (Å²) >= 11 is 0. The Morgan fingerprint density at radius 2 is 2.10 bits per heavy atom. The summed E-state index contributed by atoms with van der Waals surface area (Å²) in [6, 6.07) is 0.557. The summed E-state index contributed by atoms with van der Waals surface area (Å²) < 4.78 is 0. The van der Waals surface area contributed by atoms with Crippen LogP contribution >= 0.6 is 0 Å². The van der Waals surface area contributed by atoms with Crippen LogP contribution in [0.25, 0.3) is 0 Å². The molecule has 0 radical (unpaired) electrons. The Bertz CT molecular complexity index is 462. The van der Waals surface area contributed by atoms with Crippen molar-refractivity contribution in [3.63, 3.8) is 0 Å². The van der Waals surface area contributed by atoms with Crippen LogP contribution < -0.4 is 16.4 Å². The summed E-state index contributed by atoms with van der Waals surface area (Å²) in [7, 11) is 2.16. The lowest BCUT2D eigenvalue weighted by Crippen LogP contribution is -2.30. The molecule has 0 aromatic carbocycles. The fraction of sp³-hybridized carbons (Fsp3) is 0.733. The molecule has 2 rings (SSSR count). The first-order valence-electron chi connectivity index (χ1n) is 7.92.